The van der Waals surface area contributed by atoms with Crippen LogP contribution >= 0.6 is 11.8 Å². The lowest BCUT2D eigenvalue weighted by atomic mass is 10.2. The number of aromatic nitrogens is 1. The van der Waals surface area contributed by atoms with Gasteiger partial charge in [-0.1, -0.05) is 6.92 Å². The van der Waals surface area contributed by atoms with Crippen molar-refractivity contribution < 1.29 is 0 Å². The van der Waals surface area contributed by atoms with E-state index in [1.807, 2.05) is 6.20 Å². The molecule has 17 heavy (non-hydrogen) atoms. The molecule has 94 valence electrons. The van der Waals surface area contributed by atoms with Crippen LogP contribution in [0.4, 0.5) is 11.5 Å². The van der Waals surface area contributed by atoms with Gasteiger partial charge < -0.3 is 10.2 Å². The summed E-state index contributed by atoms with van der Waals surface area (Å²) in [5.74, 6) is 2.22. The summed E-state index contributed by atoms with van der Waals surface area (Å²) >= 11 is 2.10. The van der Waals surface area contributed by atoms with E-state index >= 15 is 0 Å². The van der Waals surface area contributed by atoms with Gasteiger partial charge in [-0.3, -0.25) is 0 Å². The molecular weight excluding hydrogens is 230 g/mol. The van der Waals surface area contributed by atoms with E-state index in [-0.39, 0.29) is 0 Å². The Kier molecular flexibility index (Phi) is 4.54. The van der Waals surface area contributed by atoms with Crippen molar-refractivity contribution in [3.63, 3.8) is 0 Å². The highest BCUT2D eigenvalue weighted by molar-refractivity contribution is 8.00. The number of hydrogen-bond acceptors (Lipinski definition) is 4. The number of nitrogens with one attached hydrogen (secondary N) is 1. The molecule has 0 saturated carbocycles. The molecule has 1 atom stereocenters. The van der Waals surface area contributed by atoms with Crippen molar-refractivity contribution in [2.24, 2.45) is 0 Å². The quantitative estimate of drug-likeness (QED) is 0.890. The third-order valence-electron chi connectivity index (χ3n) is 3.06. The number of thioether (sulfide) groups is 1. The summed E-state index contributed by atoms with van der Waals surface area (Å²) in [6.45, 7) is 7.61. The molecule has 1 fully saturated rings. The van der Waals surface area contributed by atoms with Crippen LogP contribution in [0, 0.1) is 0 Å². The van der Waals surface area contributed by atoms with Gasteiger partial charge in [0.2, 0.25) is 0 Å². The third kappa shape index (κ3) is 3.28. The highest BCUT2D eigenvalue weighted by Gasteiger charge is 2.19. The third-order valence-corrected chi connectivity index (χ3v) is 4.43. The van der Waals surface area contributed by atoms with Crippen molar-refractivity contribution in [1.29, 1.82) is 0 Å². The van der Waals surface area contributed by atoms with E-state index in [4.69, 9.17) is 0 Å². The van der Waals surface area contributed by atoms with Gasteiger partial charge in [0, 0.05) is 48.6 Å². The van der Waals surface area contributed by atoms with Crippen LogP contribution in [0.25, 0.3) is 0 Å². The molecule has 0 radical (unpaired) electrons. The van der Waals surface area contributed by atoms with Crippen molar-refractivity contribution in [2.45, 2.75) is 25.5 Å². The van der Waals surface area contributed by atoms with E-state index in [9.17, 15) is 0 Å². The van der Waals surface area contributed by atoms with Crippen LogP contribution in [0.2, 0.25) is 0 Å². The lowest BCUT2D eigenvalue weighted by Gasteiger charge is -2.33. The van der Waals surface area contributed by atoms with Crippen LogP contribution in [0.1, 0.15) is 20.3 Å². The second-order valence-electron chi connectivity index (χ2n) is 4.28. The number of hydrogen-bond donors (Lipinski definition) is 1. The van der Waals surface area contributed by atoms with Gasteiger partial charge in [0.05, 0.1) is 0 Å². The van der Waals surface area contributed by atoms with Crippen LogP contribution in [0.15, 0.2) is 18.3 Å². The SMILES string of the molecule is CCNc1cc(N2CCSC(CC)C2)ccn1. The molecule has 2 heterocycles. The molecule has 0 amide bonds. The van der Waals surface area contributed by atoms with E-state index < -0.39 is 0 Å². The Hall–Kier alpha value is -0.900. The smallest absolute Gasteiger partial charge is 0.127 e. The molecule has 1 N–H and O–H groups in total. The molecule has 0 spiro atoms. The number of nitrogens with zero attached hydrogens (tertiary/aromatic N) is 2. The zero-order valence-electron chi connectivity index (χ0n) is 10.6. The Labute approximate surface area is 108 Å². The summed E-state index contributed by atoms with van der Waals surface area (Å²) in [6.07, 6.45) is 3.16. The van der Waals surface area contributed by atoms with Crippen molar-refractivity contribution in [3.8, 4) is 0 Å². The van der Waals surface area contributed by atoms with Gasteiger partial charge in [-0.05, 0) is 19.4 Å². The average molecular weight is 251 g/mol. The first-order valence-electron chi connectivity index (χ1n) is 6.40. The lowest BCUT2D eigenvalue weighted by Crippen LogP contribution is -2.37. The molecule has 1 aromatic heterocycles. The Morgan fingerprint density at radius 3 is 3.18 bits per heavy atom. The molecule has 1 aromatic rings. The molecule has 1 saturated heterocycles. The standard InChI is InChI=1S/C13H21N3S/c1-3-12-10-16(7-8-17-12)11-5-6-15-13(9-11)14-4-2/h5-6,9,12H,3-4,7-8,10H2,1-2H3,(H,14,15). The Morgan fingerprint density at radius 1 is 1.53 bits per heavy atom. The largest absolute Gasteiger partial charge is 0.370 e. The molecule has 0 aliphatic carbocycles. The van der Waals surface area contributed by atoms with Crippen LogP contribution in [0.5, 0.6) is 0 Å². The molecule has 1 aliphatic rings. The Bertz CT molecular complexity index is 356. The summed E-state index contributed by atoms with van der Waals surface area (Å²) in [5.41, 5.74) is 1.30. The van der Waals surface area contributed by atoms with Gasteiger partial charge in [-0.25, -0.2) is 4.98 Å². The van der Waals surface area contributed by atoms with Gasteiger partial charge in [0.1, 0.15) is 5.82 Å². The van der Waals surface area contributed by atoms with Crippen LogP contribution in [-0.2, 0) is 0 Å². The van der Waals surface area contributed by atoms with E-state index in [0.29, 0.717) is 0 Å². The van der Waals surface area contributed by atoms with Crippen molar-refractivity contribution in [2.75, 3.05) is 35.6 Å². The number of rotatable bonds is 4. The summed E-state index contributed by atoms with van der Waals surface area (Å²) < 4.78 is 0. The Balaban J connectivity index is 2.07. The van der Waals surface area contributed by atoms with Gasteiger partial charge >= 0.3 is 0 Å². The minimum absolute atomic E-state index is 0.777. The van der Waals surface area contributed by atoms with Crippen molar-refractivity contribution in [1.82, 2.24) is 4.98 Å². The maximum absolute atomic E-state index is 4.32. The van der Waals surface area contributed by atoms with E-state index in [0.717, 1.165) is 30.7 Å². The molecule has 2 rings (SSSR count). The second kappa shape index (κ2) is 6.15. The monoisotopic (exact) mass is 251 g/mol. The summed E-state index contributed by atoms with van der Waals surface area (Å²) in [5, 5.41) is 4.05. The maximum Gasteiger partial charge on any atom is 0.127 e. The van der Waals surface area contributed by atoms with E-state index in [1.165, 1.54) is 17.9 Å². The first-order chi connectivity index (χ1) is 8.33. The minimum Gasteiger partial charge on any atom is -0.370 e. The summed E-state index contributed by atoms with van der Waals surface area (Å²) in [4.78, 5) is 6.80. The van der Waals surface area contributed by atoms with Crippen molar-refractivity contribution in [3.05, 3.63) is 18.3 Å². The fraction of sp³-hybridized carbons (Fsp3) is 0.615. The zero-order chi connectivity index (χ0) is 12.1. The molecule has 1 aliphatic heterocycles. The lowest BCUT2D eigenvalue weighted by molar-refractivity contribution is 0.728. The van der Waals surface area contributed by atoms with Crippen LogP contribution in [0.3, 0.4) is 0 Å². The number of pyridine rings is 1. The van der Waals surface area contributed by atoms with Gasteiger partial charge in [-0.2, -0.15) is 11.8 Å². The normalized spacial score (nSPS) is 20.4. The fourth-order valence-corrected chi connectivity index (χ4v) is 3.27. The topological polar surface area (TPSA) is 28.2 Å². The fourth-order valence-electron chi connectivity index (χ4n) is 2.09. The first kappa shape index (κ1) is 12.6. The molecule has 0 aromatic carbocycles. The summed E-state index contributed by atoms with van der Waals surface area (Å²) in [6, 6.07) is 4.27. The van der Waals surface area contributed by atoms with Crippen molar-refractivity contribution >= 4 is 23.3 Å². The van der Waals surface area contributed by atoms with E-state index in [2.05, 4.69) is 52.9 Å². The van der Waals surface area contributed by atoms with Gasteiger partial charge in [-0.15, -0.1) is 0 Å². The molecule has 3 nitrogen and oxygen atoms in total. The maximum atomic E-state index is 4.32. The van der Waals surface area contributed by atoms with Crippen LogP contribution < -0.4 is 10.2 Å². The highest BCUT2D eigenvalue weighted by atomic mass is 32.2. The Morgan fingerprint density at radius 2 is 2.41 bits per heavy atom. The van der Waals surface area contributed by atoms with Crippen LogP contribution in [-0.4, -0.2) is 35.6 Å². The molecule has 4 heteroatoms. The summed E-state index contributed by atoms with van der Waals surface area (Å²) in [7, 11) is 0. The average Bonchev–Trinajstić information content (AvgIpc) is 2.40. The molecular formula is C13H21N3S. The molecule has 1 unspecified atom stereocenters. The predicted octanol–water partition coefficient (Wildman–Crippen LogP) is 2.85. The predicted molar refractivity (Wildman–Crippen MR) is 77.2 cm³/mol. The highest BCUT2D eigenvalue weighted by Crippen LogP contribution is 2.26. The first-order valence-corrected chi connectivity index (χ1v) is 7.44. The van der Waals surface area contributed by atoms with E-state index in [1.54, 1.807) is 0 Å². The number of anilines is 2. The van der Waals surface area contributed by atoms with Gasteiger partial charge in [0.25, 0.3) is 0 Å². The minimum atomic E-state index is 0.777. The van der Waals surface area contributed by atoms with Gasteiger partial charge in [0.15, 0.2) is 0 Å². The molecule has 0 bridgehead atoms. The second-order valence-corrected chi connectivity index (χ2v) is 5.68. The zero-order valence-corrected chi connectivity index (χ0v) is 11.5.